The Morgan fingerprint density at radius 2 is 1.83 bits per heavy atom. The Hall–Kier alpha value is -2.13. The summed E-state index contributed by atoms with van der Waals surface area (Å²) in [5, 5.41) is -0.570. The first-order valence-corrected chi connectivity index (χ1v) is 8.17. The maximum Gasteiger partial charge on any atom is 0.295 e. The minimum Gasteiger partial charge on any atom is -0.486 e. The highest BCUT2D eigenvalue weighted by Crippen LogP contribution is 2.26. The third-order valence-electron chi connectivity index (χ3n) is 3.10. The first-order valence-electron chi connectivity index (χ1n) is 6.69. The van der Waals surface area contributed by atoms with Crippen LogP contribution in [0.3, 0.4) is 0 Å². The third kappa shape index (κ3) is 3.62. The van der Waals surface area contributed by atoms with E-state index < -0.39 is 27.3 Å². The van der Waals surface area contributed by atoms with Crippen LogP contribution in [0.4, 0.5) is 14.5 Å². The molecule has 9 heteroatoms. The van der Waals surface area contributed by atoms with Crippen molar-refractivity contribution < 1.29 is 31.1 Å². The van der Waals surface area contributed by atoms with Crippen molar-refractivity contribution in [2.24, 2.45) is 0 Å². The van der Waals surface area contributed by atoms with Crippen LogP contribution in [0.1, 0.15) is 12.2 Å². The van der Waals surface area contributed by atoms with Gasteiger partial charge in [0.1, 0.15) is 11.9 Å². The number of hydrogen-bond acceptors (Lipinski definition) is 5. The van der Waals surface area contributed by atoms with Gasteiger partial charge >= 0.3 is 0 Å². The Labute approximate surface area is 131 Å². The molecule has 23 heavy (non-hydrogen) atoms. The van der Waals surface area contributed by atoms with E-state index in [1.165, 1.54) is 12.1 Å². The Bertz CT molecular complexity index is 769. The predicted octanol–water partition coefficient (Wildman–Crippen LogP) is 2.80. The van der Waals surface area contributed by atoms with Crippen LogP contribution in [-0.4, -0.2) is 27.7 Å². The summed E-state index contributed by atoms with van der Waals surface area (Å²) in [6.07, 6.45) is -2.86. The van der Waals surface area contributed by atoms with Gasteiger partial charge in [0.15, 0.2) is 5.76 Å². The molecule has 1 aromatic heterocycles. The fraction of sp³-hybridized carbons (Fsp3) is 0.286. The van der Waals surface area contributed by atoms with Crippen molar-refractivity contribution in [3.8, 4) is 5.75 Å². The van der Waals surface area contributed by atoms with Crippen LogP contribution in [0.15, 0.2) is 45.9 Å². The minimum atomic E-state index is -4.07. The number of rotatable bonds is 6. The molecular weight excluding hydrogens is 332 g/mol. The molecule has 1 aliphatic rings. The maximum atomic E-state index is 12.4. The molecule has 124 valence electrons. The number of halogens is 2. The number of benzene rings is 1. The Morgan fingerprint density at radius 3 is 2.35 bits per heavy atom. The average molecular weight is 345 g/mol. The van der Waals surface area contributed by atoms with E-state index in [9.17, 15) is 17.2 Å². The van der Waals surface area contributed by atoms with Crippen LogP contribution in [-0.2, 0) is 14.8 Å². The van der Waals surface area contributed by atoms with Gasteiger partial charge < -0.3 is 13.9 Å². The largest absolute Gasteiger partial charge is 0.486 e. The lowest BCUT2D eigenvalue weighted by Gasteiger charge is -2.26. The van der Waals surface area contributed by atoms with Crippen molar-refractivity contribution in [3.05, 3.63) is 42.2 Å². The molecule has 3 rings (SSSR count). The number of anilines is 1. The average Bonchev–Trinajstić information content (AvgIpc) is 2.95. The second kappa shape index (κ2) is 6.17. The van der Waals surface area contributed by atoms with Crippen LogP contribution in [0.2, 0.25) is 0 Å². The van der Waals surface area contributed by atoms with Gasteiger partial charge in [-0.15, -0.1) is 0 Å². The molecule has 1 N–H and O–H groups in total. The van der Waals surface area contributed by atoms with E-state index in [1.807, 2.05) is 0 Å². The highest BCUT2D eigenvalue weighted by molar-refractivity contribution is 7.92. The predicted molar refractivity (Wildman–Crippen MR) is 76.2 cm³/mol. The van der Waals surface area contributed by atoms with Crippen molar-refractivity contribution in [2.75, 3.05) is 17.9 Å². The number of sulfonamides is 1. The lowest BCUT2D eigenvalue weighted by molar-refractivity contribution is -0.0796. The molecule has 0 aliphatic carbocycles. The normalized spacial score (nSPS) is 15.4. The summed E-state index contributed by atoms with van der Waals surface area (Å²) in [4.78, 5) is 0. The summed E-state index contributed by atoms with van der Waals surface area (Å²) in [6.45, 7) is 1.05. The molecule has 2 heterocycles. The lowest BCUT2D eigenvalue weighted by Crippen LogP contribution is -2.38. The standard InChI is InChI=1S/C14H13F2NO5S/c15-14(16)12-5-6-13(22-12)23(18,19)17-9-1-3-10(4-2-9)21-11-7-20-8-11/h1-6,11,14,17H,7-8H2. The molecule has 2 aromatic rings. The molecule has 1 aromatic carbocycles. The van der Waals surface area contributed by atoms with Crippen LogP contribution in [0, 0.1) is 0 Å². The number of alkyl halides is 2. The van der Waals surface area contributed by atoms with E-state index >= 15 is 0 Å². The molecule has 1 aliphatic heterocycles. The van der Waals surface area contributed by atoms with E-state index in [0.717, 1.165) is 12.1 Å². The number of furan rings is 1. The summed E-state index contributed by atoms with van der Waals surface area (Å²) in [7, 11) is -4.07. The molecule has 0 atom stereocenters. The van der Waals surface area contributed by atoms with Crippen molar-refractivity contribution in [1.82, 2.24) is 0 Å². The second-order valence-corrected chi connectivity index (χ2v) is 6.48. The molecule has 0 saturated carbocycles. The van der Waals surface area contributed by atoms with E-state index in [0.29, 0.717) is 19.0 Å². The molecule has 0 spiro atoms. The Kier molecular flexibility index (Phi) is 4.22. The molecule has 0 bridgehead atoms. The molecular formula is C14H13F2NO5S. The van der Waals surface area contributed by atoms with Gasteiger partial charge in [-0.3, -0.25) is 4.72 Å². The van der Waals surface area contributed by atoms with Gasteiger partial charge in [0.25, 0.3) is 16.4 Å². The van der Waals surface area contributed by atoms with Gasteiger partial charge in [0.2, 0.25) is 5.09 Å². The monoisotopic (exact) mass is 345 g/mol. The highest BCUT2D eigenvalue weighted by atomic mass is 32.2. The summed E-state index contributed by atoms with van der Waals surface area (Å²) in [6, 6.07) is 8.12. The molecule has 1 fully saturated rings. The maximum absolute atomic E-state index is 12.4. The van der Waals surface area contributed by atoms with Crippen molar-refractivity contribution in [1.29, 1.82) is 0 Å². The van der Waals surface area contributed by atoms with Gasteiger partial charge in [-0.2, -0.15) is 8.42 Å². The van der Waals surface area contributed by atoms with E-state index in [2.05, 4.69) is 9.14 Å². The van der Waals surface area contributed by atoms with Gasteiger partial charge in [0.05, 0.1) is 13.2 Å². The van der Waals surface area contributed by atoms with Crippen LogP contribution in [0.5, 0.6) is 5.75 Å². The Morgan fingerprint density at radius 1 is 1.13 bits per heavy atom. The zero-order valence-corrected chi connectivity index (χ0v) is 12.6. The summed E-state index contributed by atoms with van der Waals surface area (Å²) >= 11 is 0. The highest BCUT2D eigenvalue weighted by Gasteiger charge is 2.22. The topological polar surface area (TPSA) is 77.8 Å². The van der Waals surface area contributed by atoms with Gasteiger partial charge in [-0.05, 0) is 36.4 Å². The summed E-state index contributed by atoms with van der Waals surface area (Å²) in [5.74, 6) is -0.115. The fourth-order valence-corrected chi connectivity index (χ4v) is 2.88. The van der Waals surface area contributed by atoms with Crippen molar-refractivity contribution in [3.63, 3.8) is 0 Å². The van der Waals surface area contributed by atoms with E-state index in [4.69, 9.17) is 9.47 Å². The molecule has 6 nitrogen and oxygen atoms in total. The van der Waals surface area contributed by atoms with Crippen LogP contribution in [0.25, 0.3) is 0 Å². The zero-order valence-electron chi connectivity index (χ0n) is 11.7. The van der Waals surface area contributed by atoms with Gasteiger partial charge in [-0.1, -0.05) is 0 Å². The summed E-state index contributed by atoms with van der Waals surface area (Å²) in [5.41, 5.74) is 0.261. The van der Waals surface area contributed by atoms with Crippen molar-refractivity contribution in [2.45, 2.75) is 17.6 Å². The third-order valence-corrected chi connectivity index (χ3v) is 4.35. The molecule has 1 saturated heterocycles. The Balaban J connectivity index is 1.69. The first kappa shape index (κ1) is 15.8. The first-order chi connectivity index (χ1) is 10.9. The quantitative estimate of drug-likeness (QED) is 0.871. The van der Waals surface area contributed by atoms with Crippen LogP contribution >= 0.6 is 0 Å². The molecule has 0 unspecified atom stereocenters. The van der Waals surface area contributed by atoms with Crippen LogP contribution < -0.4 is 9.46 Å². The van der Waals surface area contributed by atoms with E-state index in [-0.39, 0.29) is 11.8 Å². The van der Waals surface area contributed by atoms with E-state index in [1.54, 1.807) is 12.1 Å². The van der Waals surface area contributed by atoms with Gasteiger partial charge in [-0.25, -0.2) is 8.78 Å². The second-order valence-electron chi connectivity index (χ2n) is 4.86. The zero-order chi connectivity index (χ0) is 16.4. The number of ether oxygens (including phenoxy) is 2. The smallest absolute Gasteiger partial charge is 0.295 e. The van der Waals surface area contributed by atoms with Gasteiger partial charge in [0, 0.05) is 5.69 Å². The minimum absolute atomic E-state index is 0.00780. The molecule has 0 amide bonds. The lowest BCUT2D eigenvalue weighted by atomic mass is 10.3. The molecule has 0 radical (unpaired) electrons. The van der Waals surface area contributed by atoms with Crippen molar-refractivity contribution >= 4 is 15.7 Å². The fourth-order valence-electron chi connectivity index (χ4n) is 1.88. The number of hydrogen-bond donors (Lipinski definition) is 1. The summed E-state index contributed by atoms with van der Waals surface area (Å²) < 4.78 is 66.4. The SMILES string of the molecule is O=S(=O)(Nc1ccc(OC2COC2)cc1)c1ccc(C(F)F)o1. The number of nitrogens with one attached hydrogen (secondary N) is 1.